The van der Waals surface area contributed by atoms with Crippen molar-refractivity contribution in [3.63, 3.8) is 0 Å². The van der Waals surface area contributed by atoms with Crippen molar-refractivity contribution in [2.45, 2.75) is 17.7 Å². The van der Waals surface area contributed by atoms with Gasteiger partial charge >= 0.3 is 0 Å². The standard InChI is InChI=1S/C21H19ClN2O3S/c22-20-9-5-4-6-16(20)10-15-21(25)23-17-11-13-19(14-12-17)28(26,27)24-18-7-2-1-3-8-18/h1-9,11-14,24H,10,15H2,(H,23,25). The van der Waals surface area contributed by atoms with E-state index < -0.39 is 10.0 Å². The van der Waals surface area contributed by atoms with Gasteiger partial charge in [0, 0.05) is 22.8 Å². The van der Waals surface area contributed by atoms with E-state index in [1.54, 1.807) is 48.5 Å². The van der Waals surface area contributed by atoms with Crippen molar-refractivity contribution in [2.24, 2.45) is 0 Å². The first-order chi connectivity index (χ1) is 13.4. The summed E-state index contributed by atoms with van der Waals surface area (Å²) in [7, 11) is -3.69. The molecule has 0 saturated heterocycles. The van der Waals surface area contributed by atoms with Crippen LogP contribution in [0.5, 0.6) is 0 Å². The largest absolute Gasteiger partial charge is 0.326 e. The van der Waals surface area contributed by atoms with Crippen molar-refractivity contribution >= 4 is 38.9 Å². The van der Waals surface area contributed by atoms with Gasteiger partial charge in [0.05, 0.1) is 4.90 Å². The minimum absolute atomic E-state index is 0.116. The Bertz CT molecular complexity index is 1050. The van der Waals surface area contributed by atoms with Crippen LogP contribution in [-0.2, 0) is 21.2 Å². The highest BCUT2D eigenvalue weighted by molar-refractivity contribution is 7.92. The van der Waals surface area contributed by atoms with Crippen molar-refractivity contribution in [1.82, 2.24) is 0 Å². The molecule has 0 spiro atoms. The summed E-state index contributed by atoms with van der Waals surface area (Å²) >= 11 is 6.09. The molecule has 0 heterocycles. The normalized spacial score (nSPS) is 11.0. The van der Waals surface area contributed by atoms with E-state index in [1.807, 2.05) is 18.2 Å². The van der Waals surface area contributed by atoms with Crippen LogP contribution in [0.4, 0.5) is 11.4 Å². The molecular weight excluding hydrogens is 396 g/mol. The fourth-order valence-electron chi connectivity index (χ4n) is 2.61. The number of hydrogen-bond donors (Lipinski definition) is 2. The Balaban J connectivity index is 1.59. The van der Waals surface area contributed by atoms with Gasteiger partial charge in [0.2, 0.25) is 5.91 Å². The number of carbonyl (C=O) groups is 1. The third-order valence-electron chi connectivity index (χ3n) is 4.05. The number of carbonyl (C=O) groups excluding carboxylic acids is 1. The number of benzene rings is 3. The van der Waals surface area contributed by atoms with Crippen LogP contribution in [0.15, 0.2) is 83.8 Å². The second-order valence-electron chi connectivity index (χ2n) is 6.14. The van der Waals surface area contributed by atoms with Crippen molar-refractivity contribution in [3.05, 3.63) is 89.4 Å². The Morgan fingerprint density at radius 1 is 0.821 bits per heavy atom. The molecule has 3 aromatic rings. The first kappa shape index (κ1) is 19.9. The van der Waals surface area contributed by atoms with Gasteiger partial charge in [-0.15, -0.1) is 0 Å². The number of anilines is 2. The van der Waals surface area contributed by atoms with Gasteiger partial charge in [-0.05, 0) is 54.4 Å². The summed E-state index contributed by atoms with van der Waals surface area (Å²) in [6.45, 7) is 0. The Kier molecular flexibility index (Phi) is 6.34. The van der Waals surface area contributed by atoms with Gasteiger partial charge in [-0.3, -0.25) is 9.52 Å². The van der Waals surface area contributed by atoms with Crippen LogP contribution in [-0.4, -0.2) is 14.3 Å². The first-order valence-electron chi connectivity index (χ1n) is 8.65. The number of sulfonamides is 1. The monoisotopic (exact) mass is 414 g/mol. The highest BCUT2D eigenvalue weighted by atomic mass is 35.5. The zero-order chi connectivity index (χ0) is 20.0. The molecule has 0 atom stereocenters. The molecule has 3 rings (SSSR count). The van der Waals surface area contributed by atoms with E-state index in [2.05, 4.69) is 10.0 Å². The molecule has 0 saturated carbocycles. The number of rotatable bonds is 7. The van der Waals surface area contributed by atoms with E-state index in [-0.39, 0.29) is 17.2 Å². The Morgan fingerprint density at radius 3 is 2.14 bits per heavy atom. The lowest BCUT2D eigenvalue weighted by Gasteiger charge is -2.10. The fraction of sp³-hybridized carbons (Fsp3) is 0.0952. The molecule has 0 aliphatic rings. The predicted octanol–water partition coefficient (Wildman–Crippen LogP) is 4.71. The van der Waals surface area contributed by atoms with Crippen LogP contribution >= 0.6 is 11.6 Å². The molecule has 5 nitrogen and oxygen atoms in total. The summed E-state index contributed by atoms with van der Waals surface area (Å²) < 4.78 is 27.3. The van der Waals surface area contributed by atoms with Crippen molar-refractivity contribution < 1.29 is 13.2 Å². The molecule has 1 amide bonds. The quantitative estimate of drug-likeness (QED) is 0.587. The molecule has 0 fully saturated rings. The highest BCUT2D eigenvalue weighted by Crippen LogP contribution is 2.19. The SMILES string of the molecule is O=C(CCc1ccccc1Cl)Nc1ccc(S(=O)(=O)Nc2ccccc2)cc1. The lowest BCUT2D eigenvalue weighted by molar-refractivity contribution is -0.116. The second kappa shape index (κ2) is 8.91. The van der Waals surface area contributed by atoms with E-state index in [0.717, 1.165) is 5.56 Å². The topological polar surface area (TPSA) is 75.3 Å². The molecule has 28 heavy (non-hydrogen) atoms. The van der Waals surface area contributed by atoms with Crippen molar-refractivity contribution in [3.8, 4) is 0 Å². The van der Waals surface area contributed by atoms with Crippen LogP contribution in [0.2, 0.25) is 5.02 Å². The maximum atomic E-state index is 12.4. The molecular formula is C21H19ClN2O3S. The summed E-state index contributed by atoms with van der Waals surface area (Å²) in [6.07, 6.45) is 0.804. The minimum atomic E-state index is -3.69. The highest BCUT2D eigenvalue weighted by Gasteiger charge is 2.14. The number of para-hydroxylation sites is 1. The smallest absolute Gasteiger partial charge is 0.261 e. The lowest BCUT2D eigenvalue weighted by atomic mass is 10.1. The summed E-state index contributed by atoms with van der Waals surface area (Å²) in [5.74, 6) is -0.169. The summed E-state index contributed by atoms with van der Waals surface area (Å²) in [5.41, 5.74) is 1.93. The molecule has 0 unspecified atom stereocenters. The van der Waals surface area contributed by atoms with E-state index >= 15 is 0 Å². The maximum Gasteiger partial charge on any atom is 0.261 e. The van der Waals surface area contributed by atoms with Gasteiger partial charge in [0.15, 0.2) is 0 Å². The molecule has 0 aliphatic carbocycles. The van der Waals surface area contributed by atoms with Gasteiger partial charge in [0.25, 0.3) is 10.0 Å². The molecule has 2 N–H and O–H groups in total. The average Bonchev–Trinajstić information content (AvgIpc) is 2.68. The Morgan fingerprint density at radius 2 is 1.46 bits per heavy atom. The average molecular weight is 415 g/mol. The van der Waals surface area contributed by atoms with Crippen LogP contribution < -0.4 is 10.0 Å². The maximum absolute atomic E-state index is 12.4. The van der Waals surface area contributed by atoms with Crippen LogP contribution in [0.3, 0.4) is 0 Å². The number of hydrogen-bond acceptors (Lipinski definition) is 3. The summed E-state index contributed by atoms with van der Waals surface area (Å²) in [5, 5.41) is 3.40. The van der Waals surface area contributed by atoms with Gasteiger partial charge in [-0.2, -0.15) is 0 Å². The van der Waals surface area contributed by atoms with Gasteiger partial charge in [-0.1, -0.05) is 48.0 Å². The number of amides is 1. The zero-order valence-corrected chi connectivity index (χ0v) is 16.5. The molecule has 0 aliphatic heterocycles. The van der Waals surface area contributed by atoms with Gasteiger partial charge in [0.1, 0.15) is 0 Å². The van der Waals surface area contributed by atoms with Crippen LogP contribution in [0.25, 0.3) is 0 Å². The molecule has 3 aromatic carbocycles. The molecule has 0 radical (unpaired) electrons. The number of aryl methyl sites for hydroxylation is 1. The van der Waals surface area contributed by atoms with Crippen LogP contribution in [0.1, 0.15) is 12.0 Å². The van der Waals surface area contributed by atoms with Crippen molar-refractivity contribution in [1.29, 1.82) is 0 Å². The third-order valence-corrected chi connectivity index (χ3v) is 5.82. The second-order valence-corrected chi connectivity index (χ2v) is 8.23. The number of nitrogens with one attached hydrogen (secondary N) is 2. The Labute approximate surface area is 169 Å². The molecule has 0 aromatic heterocycles. The molecule has 144 valence electrons. The van der Waals surface area contributed by atoms with Gasteiger partial charge < -0.3 is 5.32 Å². The molecule has 0 bridgehead atoms. The van der Waals surface area contributed by atoms with E-state index in [0.29, 0.717) is 22.8 Å². The van der Waals surface area contributed by atoms with Crippen molar-refractivity contribution in [2.75, 3.05) is 10.0 Å². The third kappa shape index (κ3) is 5.34. The van der Waals surface area contributed by atoms with Crippen LogP contribution in [0, 0.1) is 0 Å². The predicted molar refractivity (Wildman–Crippen MR) is 112 cm³/mol. The first-order valence-corrected chi connectivity index (χ1v) is 10.5. The molecule has 7 heteroatoms. The Hall–Kier alpha value is -2.83. The van der Waals surface area contributed by atoms with E-state index in [4.69, 9.17) is 11.6 Å². The number of halogens is 1. The lowest BCUT2D eigenvalue weighted by Crippen LogP contribution is -2.14. The fourth-order valence-corrected chi connectivity index (χ4v) is 3.90. The van der Waals surface area contributed by atoms with Gasteiger partial charge in [-0.25, -0.2) is 8.42 Å². The van der Waals surface area contributed by atoms with E-state index in [9.17, 15) is 13.2 Å². The minimum Gasteiger partial charge on any atom is -0.326 e. The summed E-state index contributed by atoms with van der Waals surface area (Å²) in [4.78, 5) is 12.3. The summed E-state index contributed by atoms with van der Waals surface area (Å²) in [6, 6.07) is 22.1. The zero-order valence-electron chi connectivity index (χ0n) is 14.9. The van der Waals surface area contributed by atoms with E-state index in [1.165, 1.54) is 12.1 Å².